The minimum atomic E-state index is -0.694. The van der Waals surface area contributed by atoms with Crippen LogP contribution < -0.4 is 8.74 Å². The van der Waals surface area contributed by atoms with Crippen LogP contribution in [0.5, 0.6) is 0 Å². The molecule has 2 radical (unpaired) electrons. The summed E-state index contributed by atoms with van der Waals surface area (Å²) in [5.74, 6) is 1.18. The topological polar surface area (TPSA) is 44.7 Å². The van der Waals surface area contributed by atoms with Gasteiger partial charge in [-0.05, 0) is 0 Å². The fourth-order valence-electron chi connectivity index (χ4n) is 4.30. The van der Waals surface area contributed by atoms with E-state index in [4.69, 9.17) is 14.7 Å². The molecule has 6 nitrogen and oxygen atoms in total. The van der Waals surface area contributed by atoms with Gasteiger partial charge in [-0.2, -0.15) is 0 Å². The maximum atomic E-state index is 5.59. The van der Waals surface area contributed by atoms with Crippen molar-refractivity contribution < 1.29 is 4.74 Å². The van der Waals surface area contributed by atoms with E-state index in [0.717, 1.165) is 38.9 Å². The van der Waals surface area contributed by atoms with Crippen LogP contribution in [0.1, 0.15) is 84.4 Å². The van der Waals surface area contributed by atoms with Gasteiger partial charge in [-0.3, -0.25) is 0 Å². The van der Waals surface area contributed by atoms with Crippen molar-refractivity contribution in [2.45, 2.75) is 96.6 Å². The second kappa shape index (κ2) is 18.7. The van der Waals surface area contributed by atoms with Gasteiger partial charge in [0.25, 0.3) is 0 Å². The van der Waals surface area contributed by atoms with Crippen LogP contribution >= 0.6 is 11.3 Å². The van der Waals surface area contributed by atoms with E-state index in [0.29, 0.717) is 0 Å². The molecule has 2 aliphatic rings. The van der Waals surface area contributed by atoms with Gasteiger partial charge in [0.1, 0.15) is 0 Å². The predicted octanol–water partition coefficient (Wildman–Crippen LogP) is 5.82. The summed E-state index contributed by atoms with van der Waals surface area (Å²) < 4.78 is 9.40. The first-order chi connectivity index (χ1) is 18.0. The number of fused-ring (bicyclic) bond motifs is 1. The zero-order chi connectivity index (χ0) is 27.0. The van der Waals surface area contributed by atoms with Gasteiger partial charge in [-0.25, -0.2) is 0 Å². The molecule has 0 bridgehead atoms. The third-order valence-corrected chi connectivity index (χ3v) is 11.1. The molecule has 4 rings (SSSR count). The predicted molar refractivity (Wildman–Crippen MR) is 164 cm³/mol. The van der Waals surface area contributed by atoms with Crippen molar-refractivity contribution in [1.29, 1.82) is 0 Å². The summed E-state index contributed by atoms with van der Waals surface area (Å²) in [6.45, 7) is 17.8. The molecule has 0 amide bonds. The summed E-state index contributed by atoms with van der Waals surface area (Å²) in [6, 6.07) is 3.09. The summed E-state index contributed by atoms with van der Waals surface area (Å²) in [6.07, 6.45) is 9.01. The Hall–Kier alpha value is -0.481. The normalized spacial score (nSPS) is 16.9. The van der Waals surface area contributed by atoms with Crippen LogP contribution in [0.4, 0.5) is 5.82 Å². The van der Waals surface area contributed by atoms with Crippen molar-refractivity contribution in [3.63, 3.8) is 0 Å². The Morgan fingerprint density at radius 2 is 1.62 bits per heavy atom. The van der Waals surface area contributed by atoms with Crippen molar-refractivity contribution in [1.82, 2.24) is 19.8 Å². The molecular weight excluding hydrogens is 585 g/mol. The molecule has 4 heterocycles. The van der Waals surface area contributed by atoms with Gasteiger partial charge in [-0.15, -0.1) is 0 Å². The van der Waals surface area contributed by atoms with Gasteiger partial charge in [0.15, 0.2) is 0 Å². The van der Waals surface area contributed by atoms with Gasteiger partial charge in [-0.1, -0.05) is 47.0 Å². The van der Waals surface area contributed by atoms with Crippen LogP contribution in [0.15, 0.2) is 6.07 Å². The molecule has 2 aliphatic heterocycles. The number of nitrogens with zero attached hydrogens (tertiary/aromatic N) is 5. The monoisotopic (exact) mass is 639 g/mol. The SMILES string of the molecule is CCC.CCCC.CCC[CH2][Sn][c]1nc(N2CCOCC2)c2sc(CN3CCC(N(C)C)CC3)cc2n1. The van der Waals surface area contributed by atoms with E-state index in [-0.39, 0.29) is 0 Å². The number of morpholine rings is 1. The first-order valence-corrected chi connectivity index (χ1v) is 19.0. The zero-order valence-corrected chi connectivity index (χ0v) is 28.5. The van der Waals surface area contributed by atoms with Gasteiger partial charge in [0.05, 0.1) is 0 Å². The number of aromatic nitrogens is 2. The Kier molecular flexibility index (Phi) is 16.6. The third-order valence-electron chi connectivity index (χ3n) is 6.70. The molecule has 0 unspecified atom stereocenters. The number of hydrogen-bond acceptors (Lipinski definition) is 7. The first-order valence-electron chi connectivity index (χ1n) is 14.7. The van der Waals surface area contributed by atoms with Crippen LogP contribution in [0.3, 0.4) is 0 Å². The Labute approximate surface area is 241 Å². The van der Waals surface area contributed by atoms with Crippen LogP contribution in [-0.2, 0) is 11.3 Å². The van der Waals surface area contributed by atoms with E-state index in [1.807, 2.05) is 11.3 Å². The Morgan fingerprint density at radius 1 is 0.973 bits per heavy atom. The molecule has 8 heteroatoms. The van der Waals surface area contributed by atoms with E-state index in [1.54, 1.807) is 0 Å². The minimum absolute atomic E-state index is 0.694. The van der Waals surface area contributed by atoms with Crippen molar-refractivity contribution in [2.24, 2.45) is 0 Å². The van der Waals surface area contributed by atoms with Crippen LogP contribution in [0.2, 0.25) is 4.44 Å². The number of rotatable bonds is 9. The van der Waals surface area contributed by atoms with E-state index in [2.05, 4.69) is 69.5 Å². The second-order valence-corrected chi connectivity index (χ2v) is 15.2. The Morgan fingerprint density at radius 3 is 2.19 bits per heavy atom. The summed E-state index contributed by atoms with van der Waals surface area (Å²) >= 11 is 1.22. The van der Waals surface area contributed by atoms with E-state index in [9.17, 15) is 0 Å². The number of piperidine rings is 1. The average Bonchev–Trinajstić information content (AvgIpc) is 3.32. The van der Waals surface area contributed by atoms with E-state index in [1.165, 1.54) is 87.2 Å². The number of unbranched alkanes of at least 4 members (excludes halogenated alkanes) is 2. The van der Waals surface area contributed by atoms with Crippen molar-refractivity contribution in [2.75, 3.05) is 58.4 Å². The Balaban J connectivity index is 0.000000616. The molecule has 0 spiro atoms. The summed E-state index contributed by atoms with van der Waals surface area (Å²) in [5.41, 5.74) is 1.18. The van der Waals surface area contributed by atoms with E-state index < -0.39 is 21.1 Å². The molecular formula is C29H53N5OSSn. The summed E-state index contributed by atoms with van der Waals surface area (Å²) in [4.78, 5) is 19.0. The molecule has 2 aromatic rings. The van der Waals surface area contributed by atoms with Gasteiger partial charge >= 0.3 is 196 Å². The quantitative estimate of drug-likeness (QED) is 0.255. The molecule has 210 valence electrons. The molecule has 37 heavy (non-hydrogen) atoms. The van der Waals surface area contributed by atoms with Crippen molar-refractivity contribution >= 4 is 52.4 Å². The fourth-order valence-corrected chi connectivity index (χ4v) is 8.71. The van der Waals surface area contributed by atoms with Crippen LogP contribution in [0, 0.1) is 0 Å². The standard InChI is InChI=1S/C18H26N5OS.C4H10.C4H9.C3H8.Sn/c1-21(2)14-3-5-22(6-4-14)12-15-11-16-17(25-15)18(20-13-19-16)23-7-9-24-10-8-23;2*1-3-4-2;1-3-2;/h11,14H,3-10,12H2,1-2H3;3-4H2,1-2H3;1,3-4H2,2H3;3H2,1-2H3;. The summed E-state index contributed by atoms with van der Waals surface area (Å²) in [7, 11) is 4.42. The number of thiophene rings is 1. The number of hydrogen-bond donors (Lipinski definition) is 0. The third kappa shape index (κ3) is 11.3. The molecule has 0 atom stereocenters. The molecule has 0 aromatic carbocycles. The second-order valence-electron chi connectivity index (χ2n) is 10.4. The van der Waals surface area contributed by atoms with Gasteiger partial charge in [0.2, 0.25) is 0 Å². The molecule has 2 saturated heterocycles. The fraction of sp³-hybridized carbons (Fsp3) is 0.793. The molecule has 0 N–H and O–H groups in total. The number of anilines is 1. The molecule has 0 aliphatic carbocycles. The average molecular weight is 639 g/mol. The molecule has 2 fully saturated rings. The Bertz CT molecular complexity index is 861. The van der Waals surface area contributed by atoms with Gasteiger partial charge in [0, 0.05) is 0 Å². The number of ether oxygens (including phenoxy) is 1. The molecule has 2 aromatic heterocycles. The first kappa shape index (κ1) is 32.7. The van der Waals surface area contributed by atoms with Crippen LogP contribution in [-0.4, -0.2) is 100 Å². The maximum absolute atomic E-state index is 5.59. The molecule has 0 saturated carbocycles. The van der Waals surface area contributed by atoms with Gasteiger partial charge < -0.3 is 0 Å². The van der Waals surface area contributed by atoms with Crippen molar-refractivity contribution in [3.8, 4) is 0 Å². The van der Waals surface area contributed by atoms with Crippen molar-refractivity contribution in [3.05, 3.63) is 10.9 Å². The zero-order valence-electron chi connectivity index (χ0n) is 24.8. The van der Waals surface area contributed by atoms with E-state index >= 15 is 0 Å². The summed E-state index contributed by atoms with van der Waals surface area (Å²) in [5, 5.41) is 0. The van der Waals surface area contributed by atoms with Crippen LogP contribution in [0.25, 0.3) is 10.2 Å². The number of likely N-dealkylation sites (tertiary alicyclic amines) is 1.